The highest BCUT2D eigenvalue weighted by molar-refractivity contribution is 9.10. The molecule has 1 amide bonds. The first-order chi connectivity index (χ1) is 8.97. The van der Waals surface area contributed by atoms with Gasteiger partial charge in [-0.05, 0) is 31.0 Å². The van der Waals surface area contributed by atoms with Crippen LogP contribution in [0, 0.1) is 5.82 Å². The Kier molecular flexibility index (Phi) is 4.19. The predicted octanol–water partition coefficient (Wildman–Crippen LogP) is 2.67. The van der Waals surface area contributed by atoms with Gasteiger partial charge in [-0.3, -0.25) is 9.59 Å². The zero-order chi connectivity index (χ0) is 14.0. The van der Waals surface area contributed by atoms with E-state index in [1.54, 1.807) is 6.07 Å². The second-order valence-electron chi connectivity index (χ2n) is 4.53. The molecule has 0 saturated heterocycles. The van der Waals surface area contributed by atoms with Gasteiger partial charge in [0.05, 0.1) is 6.42 Å². The second kappa shape index (κ2) is 5.69. The predicted molar refractivity (Wildman–Crippen MR) is 70.4 cm³/mol. The minimum atomic E-state index is -0.945. The molecular formula is C13H13BrFNO3. The first kappa shape index (κ1) is 14.0. The van der Waals surface area contributed by atoms with Gasteiger partial charge >= 0.3 is 5.97 Å². The number of benzene rings is 1. The van der Waals surface area contributed by atoms with Gasteiger partial charge < -0.3 is 10.0 Å². The lowest BCUT2D eigenvalue weighted by Gasteiger charge is -2.21. The number of aliphatic carboxylic acids is 1. The molecule has 4 nitrogen and oxygen atoms in total. The molecule has 0 unspecified atom stereocenters. The summed E-state index contributed by atoms with van der Waals surface area (Å²) in [6, 6.07) is 4.08. The van der Waals surface area contributed by atoms with Crippen molar-refractivity contribution in [2.24, 2.45) is 0 Å². The van der Waals surface area contributed by atoms with E-state index in [9.17, 15) is 14.0 Å². The van der Waals surface area contributed by atoms with Crippen LogP contribution < -0.4 is 0 Å². The lowest BCUT2D eigenvalue weighted by atomic mass is 10.2. The summed E-state index contributed by atoms with van der Waals surface area (Å²) in [6.07, 6.45) is 1.66. The van der Waals surface area contributed by atoms with E-state index in [4.69, 9.17) is 5.11 Å². The Morgan fingerprint density at radius 3 is 2.58 bits per heavy atom. The smallest absolute Gasteiger partial charge is 0.305 e. The number of hydrogen-bond acceptors (Lipinski definition) is 2. The minimum absolute atomic E-state index is 0.0916. The van der Waals surface area contributed by atoms with E-state index >= 15 is 0 Å². The van der Waals surface area contributed by atoms with Crippen LogP contribution in [0.3, 0.4) is 0 Å². The van der Waals surface area contributed by atoms with E-state index in [1.165, 1.54) is 17.0 Å². The summed E-state index contributed by atoms with van der Waals surface area (Å²) in [5, 5.41) is 8.70. The van der Waals surface area contributed by atoms with E-state index in [0.717, 1.165) is 12.8 Å². The first-order valence-electron chi connectivity index (χ1n) is 5.96. The van der Waals surface area contributed by atoms with Gasteiger partial charge in [0.2, 0.25) is 0 Å². The zero-order valence-corrected chi connectivity index (χ0v) is 11.7. The Balaban J connectivity index is 2.16. The summed E-state index contributed by atoms with van der Waals surface area (Å²) in [7, 11) is 0. The standard InChI is InChI=1S/C13H13BrFNO3/c14-9-5-8(6-10(15)7-9)13(19)16(11-1-2-11)4-3-12(17)18/h5-7,11H,1-4H2,(H,17,18). The summed E-state index contributed by atoms with van der Waals surface area (Å²) in [5.41, 5.74) is 0.240. The van der Waals surface area contributed by atoms with Crippen LogP contribution in [0.2, 0.25) is 0 Å². The third kappa shape index (κ3) is 3.76. The summed E-state index contributed by atoms with van der Waals surface area (Å²) in [4.78, 5) is 24.4. The minimum Gasteiger partial charge on any atom is -0.481 e. The van der Waals surface area contributed by atoms with Crippen molar-refractivity contribution in [1.82, 2.24) is 4.90 Å². The highest BCUT2D eigenvalue weighted by Gasteiger charge is 2.33. The van der Waals surface area contributed by atoms with Crippen molar-refractivity contribution in [3.05, 3.63) is 34.1 Å². The molecule has 102 valence electrons. The molecule has 6 heteroatoms. The second-order valence-corrected chi connectivity index (χ2v) is 5.45. The van der Waals surface area contributed by atoms with Gasteiger partial charge in [-0.25, -0.2) is 4.39 Å². The fourth-order valence-electron chi connectivity index (χ4n) is 1.90. The van der Waals surface area contributed by atoms with E-state index in [1.807, 2.05) is 0 Å². The molecule has 0 spiro atoms. The van der Waals surface area contributed by atoms with Gasteiger partial charge in [0.15, 0.2) is 0 Å². The zero-order valence-electron chi connectivity index (χ0n) is 10.1. The first-order valence-corrected chi connectivity index (χ1v) is 6.75. The Morgan fingerprint density at radius 2 is 2.05 bits per heavy atom. The Morgan fingerprint density at radius 1 is 1.37 bits per heavy atom. The molecule has 0 aliphatic heterocycles. The lowest BCUT2D eigenvalue weighted by molar-refractivity contribution is -0.137. The Hall–Kier alpha value is -1.43. The maximum Gasteiger partial charge on any atom is 0.305 e. The molecule has 1 fully saturated rings. The average Bonchev–Trinajstić information content (AvgIpc) is 3.11. The van der Waals surface area contributed by atoms with Crippen molar-refractivity contribution in [1.29, 1.82) is 0 Å². The van der Waals surface area contributed by atoms with Crippen LogP contribution in [0.25, 0.3) is 0 Å². The third-order valence-electron chi connectivity index (χ3n) is 2.92. The number of halogens is 2. The van der Waals surface area contributed by atoms with Crippen LogP contribution in [0.1, 0.15) is 29.6 Å². The summed E-state index contributed by atoms with van der Waals surface area (Å²) >= 11 is 3.14. The number of carboxylic acids is 1. The van der Waals surface area contributed by atoms with Crippen molar-refractivity contribution in [3.8, 4) is 0 Å². The van der Waals surface area contributed by atoms with Crippen molar-refractivity contribution < 1.29 is 19.1 Å². The SMILES string of the molecule is O=C(O)CCN(C(=O)c1cc(F)cc(Br)c1)C1CC1. The fourth-order valence-corrected chi connectivity index (χ4v) is 2.36. The van der Waals surface area contributed by atoms with Crippen LogP contribution in [-0.2, 0) is 4.79 Å². The quantitative estimate of drug-likeness (QED) is 0.903. The molecule has 1 saturated carbocycles. The van der Waals surface area contributed by atoms with E-state index < -0.39 is 11.8 Å². The Labute approximate surface area is 118 Å². The number of amides is 1. The normalized spacial score (nSPS) is 14.2. The maximum atomic E-state index is 13.3. The van der Waals surface area contributed by atoms with E-state index in [0.29, 0.717) is 4.47 Å². The third-order valence-corrected chi connectivity index (χ3v) is 3.38. The number of carboxylic acid groups (broad SMARTS) is 1. The van der Waals surface area contributed by atoms with Crippen LogP contribution in [0.15, 0.2) is 22.7 Å². The van der Waals surface area contributed by atoms with Crippen molar-refractivity contribution in [2.45, 2.75) is 25.3 Å². The summed E-state index contributed by atoms with van der Waals surface area (Å²) < 4.78 is 13.8. The molecule has 0 heterocycles. The molecule has 19 heavy (non-hydrogen) atoms. The van der Waals surface area contributed by atoms with Gasteiger partial charge in [0.25, 0.3) is 5.91 Å². The van der Waals surface area contributed by atoms with Gasteiger partial charge in [-0.15, -0.1) is 0 Å². The summed E-state index contributed by atoms with van der Waals surface area (Å²) in [5.74, 6) is -1.76. The number of hydrogen-bond donors (Lipinski definition) is 1. The molecule has 0 aromatic heterocycles. The number of nitrogens with zero attached hydrogens (tertiary/aromatic N) is 1. The molecule has 1 aliphatic carbocycles. The van der Waals surface area contributed by atoms with E-state index in [2.05, 4.69) is 15.9 Å². The van der Waals surface area contributed by atoms with Gasteiger partial charge in [-0.2, -0.15) is 0 Å². The molecule has 1 aliphatic rings. The van der Waals surface area contributed by atoms with Crippen LogP contribution >= 0.6 is 15.9 Å². The van der Waals surface area contributed by atoms with Crippen LogP contribution in [0.5, 0.6) is 0 Å². The fraction of sp³-hybridized carbons (Fsp3) is 0.385. The van der Waals surface area contributed by atoms with E-state index in [-0.39, 0.29) is 30.5 Å². The molecule has 1 aromatic carbocycles. The average molecular weight is 330 g/mol. The topological polar surface area (TPSA) is 57.6 Å². The molecule has 1 N–H and O–H groups in total. The molecule has 0 atom stereocenters. The molecule has 0 radical (unpaired) electrons. The Bertz CT molecular complexity index is 496. The van der Waals surface area contributed by atoms with Gasteiger partial charge in [0, 0.05) is 22.6 Å². The summed E-state index contributed by atoms with van der Waals surface area (Å²) in [6.45, 7) is 0.160. The van der Waals surface area contributed by atoms with Crippen molar-refractivity contribution >= 4 is 27.8 Å². The lowest BCUT2D eigenvalue weighted by Crippen LogP contribution is -2.35. The molecule has 2 rings (SSSR count). The van der Waals surface area contributed by atoms with Crippen LogP contribution in [-0.4, -0.2) is 34.5 Å². The molecular weight excluding hydrogens is 317 g/mol. The molecule has 0 bridgehead atoms. The van der Waals surface area contributed by atoms with Gasteiger partial charge in [0.1, 0.15) is 5.82 Å². The van der Waals surface area contributed by atoms with Crippen molar-refractivity contribution in [3.63, 3.8) is 0 Å². The number of rotatable bonds is 5. The number of carbonyl (C=O) groups excluding carboxylic acids is 1. The van der Waals surface area contributed by atoms with Crippen molar-refractivity contribution in [2.75, 3.05) is 6.54 Å². The highest BCUT2D eigenvalue weighted by atomic mass is 79.9. The number of carbonyl (C=O) groups is 2. The maximum absolute atomic E-state index is 13.3. The highest BCUT2D eigenvalue weighted by Crippen LogP contribution is 2.29. The largest absolute Gasteiger partial charge is 0.481 e. The molecule has 1 aromatic rings. The van der Waals surface area contributed by atoms with Gasteiger partial charge in [-0.1, -0.05) is 15.9 Å². The van der Waals surface area contributed by atoms with Crippen LogP contribution in [0.4, 0.5) is 4.39 Å². The monoisotopic (exact) mass is 329 g/mol.